The molecule has 24 heavy (non-hydrogen) atoms. The number of carbonyl (C=O) groups excluding carboxylic acids is 1. The predicted octanol–water partition coefficient (Wildman–Crippen LogP) is 3.06. The molecule has 0 atom stereocenters. The van der Waals surface area contributed by atoms with Crippen molar-refractivity contribution >= 4 is 45.8 Å². The molecule has 1 aromatic heterocycles. The molecule has 0 aliphatic carbocycles. The standard InChI is InChI=1S/C16H18Cl2N4OS/c17-11-15(23)21-6-1-7-22(9-8-21)16-19-14(20-24-16)10-12-2-4-13(18)5-3-12/h2-5H,1,6-11H2. The first-order valence-electron chi connectivity index (χ1n) is 7.81. The summed E-state index contributed by atoms with van der Waals surface area (Å²) >= 11 is 13.0. The van der Waals surface area contributed by atoms with Gasteiger partial charge in [-0.3, -0.25) is 4.79 Å². The average Bonchev–Trinajstić information content (AvgIpc) is 2.91. The van der Waals surface area contributed by atoms with E-state index in [1.165, 1.54) is 11.5 Å². The summed E-state index contributed by atoms with van der Waals surface area (Å²) in [5, 5.41) is 1.64. The molecule has 5 nitrogen and oxygen atoms in total. The smallest absolute Gasteiger partial charge is 0.237 e. The van der Waals surface area contributed by atoms with Crippen LogP contribution in [0.2, 0.25) is 5.02 Å². The van der Waals surface area contributed by atoms with E-state index in [1.54, 1.807) is 0 Å². The van der Waals surface area contributed by atoms with Gasteiger partial charge < -0.3 is 9.80 Å². The summed E-state index contributed by atoms with van der Waals surface area (Å²) in [5.41, 5.74) is 1.14. The third-order valence-corrected chi connectivity index (χ3v) is 5.26. The van der Waals surface area contributed by atoms with Crippen LogP contribution in [0.1, 0.15) is 17.8 Å². The van der Waals surface area contributed by atoms with Gasteiger partial charge in [0.2, 0.25) is 11.0 Å². The number of benzene rings is 1. The molecule has 2 heterocycles. The van der Waals surface area contributed by atoms with E-state index in [0.29, 0.717) is 13.0 Å². The lowest BCUT2D eigenvalue weighted by Gasteiger charge is -2.20. The molecule has 0 radical (unpaired) electrons. The lowest BCUT2D eigenvalue weighted by Crippen LogP contribution is -2.35. The molecular formula is C16H18Cl2N4OS. The Bertz CT molecular complexity index is 692. The molecule has 128 valence electrons. The molecule has 0 bridgehead atoms. The molecule has 2 aromatic rings. The molecule has 1 amide bonds. The summed E-state index contributed by atoms with van der Waals surface area (Å²) < 4.78 is 4.46. The topological polar surface area (TPSA) is 49.3 Å². The number of hydrogen-bond donors (Lipinski definition) is 0. The van der Waals surface area contributed by atoms with Crippen LogP contribution in [-0.2, 0) is 11.2 Å². The van der Waals surface area contributed by atoms with E-state index in [0.717, 1.165) is 47.6 Å². The summed E-state index contributed by atoms with van der Waals surface area (Å²) in [7, 11) is 0. The van der Waals surface area contributed by atoms with Gasteiger partial charge in [0.25, 0.3) is 0 Å². The minimum absolute atomic E-state index is 0.000733. The van der Waals surface area contributed by atoms with E-state index >= 15 is 0 Å². The number of aromatic nitrogens is 2. The number of nitrogens with zero attached hydrogens (tertiary/aromatic N) is 4. The van der Waals surface area contributed by atoms with Crippen molar-refractivity contribution in [3.63, 3.8) is 0 Å². The maximum absolute atomic E-state index is 11.7. The Morgan fingerprint density at radius 1 is 1.17 bits per heavy atom. The number of hydrogen-bond acceptors (Lipinski definition) is 5. The molecule has 1 aliphatic rings. The summed E-state index contributed by atoms with van der Waals surface area (Å²) in [5.74, 6) is 0.860. The van der Waals surface area contributed by atoms with E-state index < -0.39 is 0 Å². The zero-order chi connectivity index (χ0) is 16.9. The Morgan fingerprint density at radius 3 is 2.71 bits per heavy atom. The fourth-order valence-corrected chi connectivity index (χ4v) is 3.70. The molecule has 1 fully saturated rings. The van der Waals surface area contributed by atoms with Gasteiger partial charge in [0.1, 0.15) is 11.7 Å². The third-order valence-electron chi connectivity index (χ3n) is 3.97. The SMILES string of the molecule is O=C(CCl)N1CCCN(c2nc(Cc3ccc(Cl)cc3)ns2)CC1. The van der Waals surface area contributed by atoms with Crippen molar-refractivity contribution in [1.82, 2.24) is 14.3 Å². The molecule has 3 rings (SSSR count). The molecule has 0 saturated carbocycles. The van der Waals surface area contributed by atoms with Gasteiger partial charge in [-0.05, 0) is 24.1 Å². The van der Waals surface area contributed by atoms with E-state index in [4.69, 9.17) is 23.2 Å². The highest BCUT2D eigenvalue weighted by Gasteiger charge is 2.20. The molecular weight excluding hydrogens is 367 g/mol. The van der Waals surface area contributed by atoms with Gasteiger partial charge in [-0.25, -0.2) is 4.98 Å². The highest BCUT2D eigenvalue weighted by molar-refractivity contribution is 7.09. The number of anilines is 1. The largest absolute Gasteiger partial charge is 0.345 e. The number of alkyl halides is 1. The normalized spacial score (nSPS) is 15.4. The minimum atomic E-state index is -0.000733. The summed E-state index contributed by atoms with van der Waals surface area (Å²) in [6, 6.07) is 7.73. The number of halogens is 2. The molecule has 0 N–H and O–H groups in total. The first kappa shape index (κ1) is 17.5. The zero-order valence-electron chi connectivity index (χ0n) is 13.1. The van der Waals surface area contributed by atoms with Gasteiger partial charge in [0.15, 0.2) is 0 Å². The second-order valence-corrected chi connectivity index (χ2v) is 7.09. The first-order valence-corrected chi connectivity index (χ1v) is 9.50. The monoisotopic (exact) mass is 384 g/mol. The van der Waals surface area contributed by atoms with Crippen LogP contribution in [0.15, 0.2) is 24.3 Å². The van der Waals surface area contributed by atoms with Gasteiger partial charge in [-0.1, -0.05) is 23.7 Å². The van der Waals surface area contributed by atoms with Gasteiger partial charge in [0.05, 0.1) is 0 Å². The molecule has 1 aromatic carbocycles. The summed E-state index contributed by atoms with van der Waals surface area (Å²) in [6.07, 6.45) is 1.60. The van der Waals surface area contributed by atoms with E-state index in [2.05, 4.69) is 14.3 Å². The van der Waals surface area contributed by atoms with Crippen LogP contribution in [0, 0.1) is 0 Å². The van der Waals surface area contributed by atoms with Crippen LogP contribution < -0.4 is 4.90 Å². The second-order valence-electron chi connectivity index (χ2n) is 5.65. The van der Waals surface area contributed by atoms with Gasteiger partial charge in [-0.15, -0.1) is 11.6 Å². The Hall–Kier alpha value is -1.37. The molecule has 0 unspecified atom stereocenters. The van der Waals surface area contributed by atoms with Crippen molar-refractivity contribution in [3.05, 3.63) is 40.7 Å². The van der Waals surface area contributed by atoms with Crippen LogP contribution in [0.4, 0.5) is 5.13 Å². The predicted molar refractivity (Wildman–Crippen MR) is 98.3 cm³/mol. The van der Waals surface area contributed by atoms with E-state index in [1.807, 2.05) is 29.2 Å². The molecule has 1 saturated heterocycles. The molecule has 1 aliphatic heterocycles. The highest BCUT2D eigenvalue weighted by Crippen LogP contribution is 2.21. The van der Waals surface area contributed by atoms with Gasteiger partial charge in [0, 0.05) is 49.2 Å². The van der Waals surface area contributed by atoms with Crippen molar-refractivity contribution in [1.29, 1.82) is 0 Å². The number of carbonyl (C=O) groups is 1. The second kappa shape index (κ2) is 8.14. The fourth-order valence-electron chi connectivity index (χ4n) is 2.67. The number of rotatable bonds is 4. The Kier molecular flexibility index (Phi) is 5.92. The van der Waals surface area contributed by atoms with Crippen LogP contribution >= 0.6 is 34.7 Å². The third kappa shape index (κ3) is 4.37. The van der Waals surface area contributed by atoms with Crippen LogP contribution in [0.25, 0.3) is 0 Å². The first-order chi connectivity index (χ1) is 11.7. The lowest BCUT2D eigenvalue weighted by atomic mass is 10.1. The van der Waals surface area contributed by atoms with Gasteiger partial charge >= 0.3 is 0 Å². The Balaban J connectivity index is 1.62. The minimum Gasteiger partial charge on any atom is -0.345 e. The quantitative estimate of drug-likeness (QED) is 0.760. The van der Waals surface area contributed by atoms with Crippen LogP contribution in [0.5, 0.6) is 0 Å². The van der Waals surface area contributed by atoms with Crippen molar-refractivity contribution in [3.8, 4) is 0 Å². The lowest BCUT2D eigenvalue weighted by molar-refractivity contribution is -0.128. The molecule has 0 spiro atoms. The Labute approximate surface area is 155 Å². The Morgan fingerprint density at radius 2 is 1.96 bits per heavy atom. The van der Waals surface area contributed by atoms with E-state index in [-0.39, 0.29) is 11.8 Å². The van der Waals surface area contributed by atoms with Crippen LogP contribution in [-0.4, -0.2) is 52.2 Å². The number of amides is 1. The summed E-state index contributed by atoms with van der Waals surface area (Å²) in [6.45, 7) is 3.07. The van der Waals surface area contributed by atoms with Crippen molar-refractivity contribution < 1.29 is 4.79 Å². The maximum Gasteiger partial charge on any atom is 0.237 e. The summed E-state index contributed by atoms with van der Waals surface area (Å²) in [4.78, 5) is 20.4. The average molecular weight is 385 g/mol. The molecule has 8 heteroatoms. The maximum atomic E-state index is 11.7. The van der Waals surface area contributed by atoms with Crippen molar-refractivity contribution in [2.45, 2.75) is 12.8 Å². The highest BCUT2D eigenvalue weighted by atomic mass is 35.5. The van der Waals surface area contributed by atoms with E-state index in [9.17, 15) is 4.79 Å². The van der Waals surface area contributed by atoms with Gasteiger partial charge in [-0.2, -0.15) is 4.37 Å². The fraction of sp³-hybridized carbons (Fsp3) is 0.438. The zero-order valence-corrected chi connectivity index (χ0v) is 15.4. The van der Waals surface area contributed by atoms with Crippen molar-refractivity contribution in [2.24, 2.45) is 0 Å². The van der Waals surface area contributed by atoms with Crippen LogP contribution in [0.3, 0.4) is 0 Å². The van der Waals surface area contributed by atoms with Crippen molar-refractivity contribution in [2.75, 3.05) is 37.0 Å².